The summed E-state index contributed by atoms with van der Waals surface area (Å²) in [5, 5.41) is 5.01. The van der Waals surface area contributed by atoms with Gasteiger partial charge in [0.05, 0.1) is 25.0 Å². The first kappa shape index (κ1) is 30.8. The number of aromatic nitrogens is 1. The van der Waals surface area contributed by atoms with E-state index < -0.39 is 5.60 Å². The number of hydrogen-bond acceptors (Lipinski definition) is 9. The summed E-state index contributed by atoms with van der Waals surface area (Å²) < 4.78 is 17.7. The van der Waals surface area contributed by atoms with E-state index in [4.69, 9.17) is 19.0 Å². The summed E-state index contributed by atoms with van der Waals surface area (Å²) in [6, 6.07) is 22.3. The van der Waals surface area contributed by atoms with E-state index >= 15 is 0 Å². The van der Waals surface area contributed by atoms with Crippen molar-refractivity contribution in [3.05, 3.63) is 94.5 Å². The normalized spacial score (nSPS) is 12.7. The number of nitrogens with zero attached hydrogens (tertiary/aromatic N) is 3. The molecule has 0 atom stereocenters. The van der Waals surface area contributed by atoms with E-state index in [-0.39, 0.29) is 12.0 Å². The minimum absolute atomic E-state index is 0.330. The molecule has 1 N–H and O–H groups in total. The zero-order valence-corrected chi connectivity index (χ0v) is 26.3. The zero-order valence-electron chi connectivity index (χ0n) is 25.5. The van der Waals surface area contributed by atoms with Crippen LogP contribution in [0.2, 0.25) is 0 Å². The summed E-state index contributed by atoms with van der Waals surface area (Å²) in [5.41, 5.74) is 2.51. The van der Waals surface area contributed by atoms with Crippen LogP contribution in [0, 0.1) is 0 Å². The topological polar surface area (TPSA) is 102 Å². The number of carbonyl (C=O) groups is 2. The molecule has 11 heteroatoms. The summed E-state index contributed by atoms with van der Waals surface area (Å²) in [6.45, 7) is 6.75. The van der Waals surface area contributed by atoms with E-state index in [2.05, 4.69) is 10.3 Å². The Kier molecular flexibility index (Phi) is 9.36. The maximum atomic E-state index is 13.5. The van der Waals surface area contributed by atoms with Crippen molar-refractivity contribution in [3.63, 3.8) is 0 Å². The van der Waals surface area contributed by atoms with E-state index in [9.17, 15) is 9.59 Å². The highest BCUT2D eigenvalue weighted by Crippen LogP contribution is 2.32. The third kappa shape index (κ3) is 8.06. The molecule has 0 fully saturated rings. The molecule has 10 nitrogen and oxygen atoms in total. The van der Waals surface area contributed by atoms with Gasteiger partial charge in [0.1, 0.15) is 29.5 Å². The van der Waals surface area contributed by atoms with Gasteiger partial charge in [0.15, 0.2) is 5.13 Å². The van der Waals surface area contributed by atoms with E-state index in [1.807, 2.05) is 82.4 Å². The Balaban J connectivity index is 1.33. The van der Waals surface area contributed by atoms with Crippen LogP contribution in [0.5, 0.6) is 17.2 Å². The molecule has 0 bridgehead atoms. The number of carbonyl (C=O) groups excluding carboxylic acids is 2. The van der Waals surface area contributed by atoms with E-state index in [1.54, 1.807) is 35.3 Å². The minimum atomic E-state index is -0.573. The van der Waals surface area contributed by atoms with Gasteiger partial charge in [-0.2, -0.15) is 0 Å². The van der Waals surface area contributed by atoms with Gasteiger partial charge in [-0.15, -0.1) is 0 Å². The van der Waals surface area contributed by atoms with Crippen molar-refractivity contribution in [1.29, 1.82) is 0 Å². The van der Waals surface area contributed by atoms with E-state index in [0.717, 1.165) is 21.8 Å². The van der Waals surface area contributed by atoms with E-state index in [1.165, 1.54) is 11.3 Å². The van der Waals surface area contributed by atoms with Crippen LogP contribution in [0.1, 0.15) is 47.3 Å². The second-order valence-corrected chi connectivity index (χ2v) is 12.3. The third-order valence-corrected chi connectivity index (χ3v) is 7.70. The number of rotatable bonds is 9. The van der Waals surface area contributed by atoms with Crippen LogP contribution in [0.25, 0.3) is 0 Å². The molecule has 3 aromatic carbocycles. The molecule has 230 valence electrons. The molecule has 1 aliphatic heterocycles. The van der Waals surface area contributed by atoms with Gasteiger partial charge in [0.2, 0.25) is 0 Å². The summed E-state index contributed by atoms with van der Waals surface area (Å²) in [4.78, 5) is 38.5. The third-order valence-electron chi connectivity index (χ3n) is 6.70. The van der Waals surface area contributed by atoms with Crippen LogP contribution in [-0.2, 0) is 29.1 Å². The molecule has 0 saturated heterocycles. The minimum Gasteiger partial charge on any atom is -0.489 e. The number of thiazole rings is 1. The lowest BCUT2D eigenvalue weighted by Gasteiger charge is -2.29. The van der Waals surface area contributed by atoms with Gasteiger partial charge in [-0.05, 0) is 62.7 Å². The first-order chi connectivity index (χ1) is 21.1. The molecule has 4 aromatic rings. The van der Waals surface area contributed by atoms with Crippen molar-refractivity contribution in [2.75, 3.05) is 31.1 Å². The standard InChI is InChI=1S/C33H36N4O6S/c1-33(2,3)43-32(39)37-16-15-28-29(20-37)44-31(34-28)35-30(38)23-17-26(41-21-22-9-7-6-8-10-22)19-27(18-23)42-25-13-11-24(12-14-25)36(4)40-5/h6-14,17-19H,15-16,20-21H2,1-5H3,(H,34,35,38). The molecule has 0 aliphatic carbocycles. The highest BCUT2D eigenvalue weighted by Gasteiger charge is 2.28. The van der Waals surface area contributed by atoms with Crippen molar-refractivity contribution in [1.82, 2.24) is 9.88 Å². The number of anilines is 2. The maximum absolute atomic E-state index is 13.5. The smallest absolute Gasteiger partial charge is 0.410 e. The molecule has 2 heterocycles. The SMILES string of the molecule is CON(C)c1ccc(Oc2cc(OCc3ccccc3)cc(C(=O)Nc3nc4c(s3)CN(C(=O)OC(C)(C)C)CC4)c2)cc1. The average Bonchev–Trinajstić information content (AvgIpc) is 3.41. The van der Waals surface area contributed by atoms with Crippen molar-refractivity contribution in [3.8, 4) is 17.2 Å². The Morgan fingerprint density at radius 1 is 1.00 bits per heavy atom. The van der Waals surface area contributed by atoms with Crippen LogP contribution in [0.3, 0.4) is 0 Å². The summed E-state index contributed by atoms with van der Waals surface area (Å²) in [7, 11) is 3.40. The van der Waals surface area contributed by atoms with Gasteiger partial charge in [-0.25, -0.2) is 9.78 Å². The van der Waals surface area contributed by atoms with Gasteiger partial charge in [0, 0.05) is 36.5 Å². The molecule has 44 heavy (non-hydrogen) atoms. The number of hydrogen-bond donors (Lipinski definition) is 1. The fourth-order valence-electron chi connectivity index (χ4n) is 4.45. The molecule has 0 radical (unpaired) electrons. The number of fused-ring (bicyclic) bond motifs is 1. The quantitative estimate of drug-likeness (QED) is 0.200. The Labute approximate surface area is 261 Å². The van der Waals surface area contributed by atoms with Gasteiger partial charge in [-0.1, -0.05) is 41.7 Å². The predicted octanol–water partition coefficient (Wildman–Crippen LogP) is 7.06. The second-order valence-electron chi connectivity index (χ2n) is 11.2. The van der Waals surface area contributed by atoms with Crippen LogP contribution < -0.4 is 19.9 Å². The van der Waals surface area contributed by atoms with Crippen molar-refractivity contribution < 1.29 is 28.6 Å². The highest BCUT2D eigenvalue weighted by atomic mass is 32.1. The van der Waals surface area contributed by atoms with Crippen LogP contribution in [0.15, 0.2) is 72.8 Å². The van der Waals surface area contributed by atoms with E-state index in [0.29, 0.717) is 54.1 Å². The monoisotopic (exact) mass is 616 g/mol. The predicted molar refractivity (Wildman–Crippen MR) is 170 cm³/mol. The summed E-state index contributed by atoms with van der Waals surface area (Å²) in [5.74, 6) is 1.16. The van der Waals surface area contributed by atoms with Crippen molar-refractivity contribution in [2.24, 2.45) is 0 Å². The van der Waals surface area contributed by atoms with Gasteiger partial charge in [0.25, 0.3) is 5.91 Å². The highest BCUT2D eigenvalue weighted by molar-refractivity contribution is 7.15. The molecule has 0 spiro atoms. The molecule has 1 aromatic heterocycles. The van der Waals surface area contributed by atoms with Crippen LogP contribution in [-0.4, -0.2) is 48.2 Å². The average molecular weight is 617 g/mol. The number of amides is 2. The lowest BCUT2D eigenvalue weighted by molar-refractivity contribution is 0.0225. The molecule has 0 unspecified atom stereocenters. The number of benzene rings is 3. The maximum Gasteiger partial charge on any atom is 0.410 e. The Hall–Kier alpha value is -4.61. The first-order valence-corrected chi connectivity index (χ1v) is 15.0. The van der Waals surface area contributed by atoms with Gasteiger partial charge < -0.3 is 19.1 Å². The molecule has 2 amide bonds. The molecular weight excluding hydrogens is 580 g/mol. The van der Waals surface area contributed by atoms with Crippen LogP contribution in [0.4, 0.5) is 15.6 Å². The Morgan fingerprint density at radius 3 is 2.43 bits per heavy atom. The second kappa shape index (κ2) is 13.4. The van der Waals surface area contributed by atoms with Gasteiger partial charge in [-0.3, -0.25) is 20.0 Å². The van der Waals surface area contributed by atoms with Crippen LogP contribution >= 0.6 is 11.3 Å². The number of nitrogens with one attached hydrogen (secondary N) is 1. The largest absolute Gasteiger partial charge is 0.489 e. The van der Waals surface area contributed by atoms with Gasteiger partial charge >= 0.3 is 6.09 Å². The van der Waals surface area contributed by atoms with Crippen molar-refractivity contribution in [2.45, 2.75) is 45.9 Å². The fourth-order valence-corrected chi connectivity index (χ4v) is 5.47. The molecular formula is C33H36N4O6S. The Bertz CT molecular complexity index is 1600. The number of ether oxygens (including phenoxy) is 3. The number of hydroxylamine groups is 1. The zero-order chi connectivity index (χ0) is 31.3. The summed E-state index contributed by atoms with van der Waals surface area (Å²) >= 11 is 1.35. The molecule has 5 rings (SSSR count). The molecule has 1 aliphatic rings. The summed E-state index contributed by atoms with van der Waals surface area (Å²) in [6.07, 6.45) is 0.225. The lowest BCUT2D eigenvalue weighted by atomic mass is 10.2. The fraction of sp³-hybridized carbons (Fsp3) is 0.303. The first-order valence-electron chi connectivity index (χ1n) is 14.2. The Morgan fingerprint density at radius 2 is 1.73 bits per heavy atom. The molecule has 0 saturated carbocycles. The van der Waals surface area contributed by atoms with Crippen molar-refractivity contribution >= 4 is 34.2 Å². The lowest BCUT2D eigenvalue weighted by Crippen LogP contribution is -2.39.